The van der Waals surface area contributed by atoms with E-state index in [0.717, 1.165) is 17.3 Å². The molecule has 2 heterocycles. The number of hydrogen-bond acceptors (Lipinski definition) is 4. The average molecular weight is 333 g/mol. The van der Waals surface area contributed by atoms with Crippen LogP contribution in [0.4, 0.5) is 0 Å². The second-order valence-electron chi connectivity index (χ2n) is 8.03. The second kappa shape index (κ2) is 5.47. The van der Waals surface area contributed by atoms with E-state index in [1.54, 1.807) is 0 Å². The minimum atomic E-state index is -0.476. The third-order valence-corrected chi connectivity index (χ3v) is 8.24. The van der Waals surface area contributed by atoms with Gasteiger partial charge in [0.25, 0.3) is 0 Å². The lowest BCUT2D eigenvalue weighted by molar-refractivity contribution is -0.0681. The van der Waals surface area contributed by atoms with Crippen LogP contribution in [0.15, 0.2) is 18.2 Å². The molecule has 1 saturated heterocycles. The van der Waals surface area contributed by atoms with Crippen molar-refractivity contribution < 1.29 is 9.84 Å². The molecule has 5 atom stereocenters. The lowest BCUT2D eigenvalue weighted by Gasteiger charge is -2.47. The first-order chi connectivity index (χ1) is 11.0. The van der Waals surface area contributed by atoms with E-state index in [0.29, 0.717) is 23.4 Å². The Morgan fingerprint density at radius 3 is 3.00 bits per heavy atom. The molecule has 23 heavy (non-hydrogen) atoms. The van der Waals surface area contributed by atoms with Gasteiger partial charge in [0.2, 0.25) is 0 Å². The number of nitrogens with zero attached hydrogens (tertiary/aromatic N) is 1. The fourth-order valence-corrected chi connectivity index (χ4v) is 6.76. The number of hydrogen-bond donors (Lipinski definition) is 1. The molecule has 3 nitrogen and oxygen atoms in total. The van der Waals surface area contributed by atoms with Crippen molar-refractivity contribution in [2.75, 3.05) is 5.75 Å². The standard InChI is InChI=1S/C19H27NO2S/c1-4-15(21)13-6-5-7-14(20-13)17-22-16-10-12-8-9-19(16,11-23-17)18(12,2)3/h5-7,12,15-17,21H,4,8-11H2,1-3H3/t12-,15+,16-,17-,19-/m1/s1. The van der Waals surface area contributed by atoms with Gasteiger partial charge in [0.1, 0.15) is 5.44 Å². The number of aliphatic hydroxyl groups excluding tert-OH is 1. The van der Waals surface area contributed by atoms with Crippen LogP contribution in [0, 0.1) is 16.7 Å². The number of aromatic nitrogens is 1. The Bertz CT molecular complexity index is 605. The summed E-state index contributed by atoms with van der Waals surface area (Å²) in [6.07, 6.45) is 4.49. The number of thioether (sulfide) groups is 1. The Hall–Kier alpha value is -0.580. The number of ether oxygens (including phenoxy) is 1. The highest BCUT2D eigenvalue weighted by molar-refractivity contribution is 7.99. The first-order valence-electron chi connectivity index (χ1n) is 8.90. The largest absolute Gasteiger partial charge is 0.387 e. The first-order valence-corrected chi connectivity index (χ1v) is 9.95. The van der Waals surface area contributed by atoms with Crippen molar-refractivity contribution in [3.63, 3.8) is 0 Å². The quantitative estimate of drug-likeness (QED) is 0.885. The number of fused-ring (bicyclic) bond motifs is 1. The Morgan fingerprint density at radius 2 is 2.26 bits per heavy atom. The molecule has 0 amide bonds. The van der Waals surface area contributed by atoms with E-state index in [-0.39, 0.29) is 5.44 Å². The highest BCUT2D eigenvalue weighted by Crippen LogP contribution is 2.70. The molecule has 0 unspecified atom stereocenters. The highest BCUT2D eigenvalue weighted by Gasteiger charge is 2.66. The van der Waals surface area contributed by atoms with Gasteiger partial charge in [0, 0.05) is 11.2 Å². The van der Waals surface area contributed by atoms with Crippen LogP contribution >= 0.6 is 11.8 Å². The van der Waals surface area contributed by atoms with Crippen molar-refractivity contribution >= 4 is 11.8 Å². The summed E-state index contributed by atoms with van der Waals surface area (Å²) in [4.78, 5) is 4.68. The van der Waals surface area contributed by atoms with Crippen LogP contribution in [0.5, 0.6) is 0 Å². The molecule has 1 spiro atoms. The summed E-state index contributed by atoms with van der Waals surface area (Å²) in [5.74, 6) is 1.99. The molecule has 2 saturated carbocycles. The highest BCUT2D eigenvalue weighted by atomic mass is 32.2. The molecular formula is C19H27NO2S. The second-order valence-corrected chi connectivity index (χ2v) is 9.08. The maximum Gasteiger partial charge on any atom is 0.145 e. The zero-order valence-corrected chi connectivity index (χ0v) is 15.1. The zero-order chi connectivity index (χ0) is 16.2. The predicted octanol–water partition coefficient (Wildman–Crippen LogP) is 4.48. The van der Waals surface area contributed by atoms with Gasteiger partial charge in [-0.3, -0.25) is 4.98 Å². The smallest absolute Gasteiger partial charge is 0.145 e. The topological polar surface area (TPSA) is 42.4 Å². The average Bonchev–Trinajstić information content (AvgIpc) is 2.95. The van der Waals surface area contributed by atoms with Gasteiger partial charge in [0.15, 0.2) is 0 Å². The van der Waals surface area contributed by atoms with Crippen molar-refractivity contribution in [1.29, 1.82) is 0 Å². The predicted molar refractivity (Wildman–Crippen MR) is 93.1 cm³/mol. The molecule has 2 aliphatic carbocycles. The van der Waals surface area contributed by atoms with E-state index in [9.17, 15) is 5.11 Å². The molecule has 1 aromatic rings. The van der Waals surface area contributed by atoms with E-state index in [1.807, 2.05) is 36.9 Å². The molecule has 4 heteroatoms. The molecule has 3 aliphatic rings. The van der Waals surface area contributed by atoms with E-state index in [1.165, 1.54) is 25.0 Å². The van der Waals surface area contributed by atoms with Crippen LogP contribution in [-0.2, 0) is 4.74 Å². The van der Waals surface area contributed by atoms with Gasteiger partial charge in [-0.05, 0) is 49.1 Å². The molecule has 1 aliphatic heterocycles. The molecule has 0 aromatic carbocycles. The number of rotatable bonds is 3. The maximum absolute atomic E-state index is 10.0. The van der Waals surface area contributed by atoms with Gasteiger partial charge in [-0.2, -0.15) is 0 Å². The number of pyridine rings is 1. The minimum Gasteiger partial charge on any atom is -0.387 e. The number of aliphatic hydroxyl groups is 1. The van der Waals surface area contributed by atoms with Gasteiger partial charge in [0.05, 0.1) is 23.6 Å². The van der Waals surface area contributed by atoms with Crippen LogP contribution in [0.3, 0.4) is 0 Å². The normalized spacial score (nSPS) is 39.2. The third-order valence-electron chi connectivity index (χ3n) is 6.90. The van der Waals surface area contributed by atoms with Crippen molar-refractivity contribution in [1.82, 2.24) is 4.98 Å². The van der Waals surface area contributed by atoms with Crippen LogP contribution in [0.25, 0.3) is 0 Å². The summed E-state index contributed by atoms with van der Waals surface area (Å²) in [7, 11) is 0. The summed E-state index contributed by atoms with van der Waals surface area (Å²) in [6, 6.07) is 5.95. The van der Waals surface area contributed by atoms with Crippen molar-refractivity contribution in [2.45, 2.75) is 64.1 Å². The third kappa shape index (κ3) is 2.21. The van der Waals surface area contributed by atoms with Crippen molar-refractivity contribution in [2.24, 2.45) is 16.7 Å². The molecule has 0 radical (unpaired) electrons. The van der Waals surface area contributed by atoms with Gasteiger partial charge in [-0.15, -0.1) is 11.8 Å². The Kier molecular flexibility index (Phi) is 3.78. The van der Waals surface area contributed by atoms with Crippen LogP contribution in [0.2, 0.25) is 0 Å². The zero-order valence-electron chi connectivity index (χ0n) is 14.3. The first kappa shape index (κ1) is 15.9. The fraction of sp³-hybridized carbons (Fsp3) is 0.737. The SMILES string of the molecule is CC[C@H](O)c1cccc([C@@H]2O[C@@H]3C[C@H]4CC[C@]3(CS2)C4(C)C)n1. The van der Waals surface area contributed by atoms with Gasteiger partial charge >= 0.3 is 0 Å². The summed E-state index contributed by atoms with van der Waals surface area (Å²) < 4.78 is 6.54. The van der Waals surface area contributed by atoms with E-state index >= 15 is 0 Å². The Balaban J connectivity index is 1.56. The van der Waals surface area contributed by atoms with Gasteiger partial charge < -0.3 is 9.84 Å². The van der Waals surface area contributed by atoms with Crippen molar-refractivity contribution in [3.8, 4) is 0 Å². The summed E-state index contributed by atoms with van der Waals surface area (Å²) >= 11 is 1.91. The maximum atomic E-state index is 10.0. The molecule has 2 bridgehead atoms. The summed E-state index contributed by atoms with van der Waals surface area (Å²) in [5.41, 5.74) is 2.52. The minimum absolute atomic E-state index is 0.0183. The van der Waals surface area contributed by atoms with Gasteiger partial charge in [-0.1, -0.05) is 26.8 Å². The van der Waals surface area contributed by atoms with Crippen LogP contribution in [0.1, 0.15) is 69.4 Å². The van der Waals surface area contributed by atoms with E-state index in [4.69, 9.17) is 4.74 Å². The van der Waals surface area contributed by atoms with Crippen LogP contribution < -0.4 is 0 Å². The van der Waals surface area contributed by atoms with Gasteiger partial charge in [-0.25, -0.2) is 0 Å². The molecule has 126 valence electrons. The lowest BCUT2D eigenvalue weighted by atomic mass is 9.69. The molecule has 3 fully saturated rings. The lowest BCUT2D eigenvalue weighted by Crippen LogP contribution is -2.45. The fourth-order valence-electron chi connectivity index (χ4n) is 5.09. The molecule has 1 aromatic heterocycles. The van der Waals surface area contributed by atoms with E-state index < -0.39 is 6.10 Å². The molecule has 4 rings (SSSR count). The summed E-state index contributed by atoms with van der Waals surface area (Å²) in [5, 5.41) is 10.0. The Morgan fingerprint density at radius 1 is 1.43 bits per heavy atom. The summed E-state index contributed by atoms with van der Waals surface area (Å²) in [6.45, 7) is 6.88. The molecule has 1 N–H and O–H groups in total. The van der Waals surface area contributed by atoms with E-state index in [2.05, 4.69) is 18.8 Å². The van der Waals surface area contributed by atoms with Crippen molar-refractivity contribution in [3.05, 3.63) is 29.6 Å². The van der Waals surface area contributed by atoms with Crippen LogP contribution in [-0.4, -0.2) is 21.9 Å². The Labute approximate surface area is 143 Å². The monoisotopic (exact) mass is 333 g/mol. The molecular weight excluding hydrogens is 306 g/mol.